The predicted molar refractivity (Wildman–Crippen MR) is 105 cm³/mol. The van der Waals surface area contributed by atoms with Crippen LogP contribution in [-0.2, 0) is 9.59 Å². The molecule has 1 amide bonds. The predicted octanol–water partition coefficient (Wildman–Crippen LogP) is 1.37. The van der Waals surface area contributed by atoms with Crippen LogP contribution in [0.5, 0.6) is 0 Å². The number of nitrogens with zero attached hydrogens (tertiary/aromatic N) is 4. The highest BCUT2D eigenvalue weighted by molar-refractivity contribution is 5.94. The van der Waals surface area contributed by atoms with E-state index in [4.69, 9.17) is 5.11 Å². The van der Waals surface area contributed by atoms with Gasteiger partial charge in [0.15, 0.2) is 0 Å². The maximum Gasteiger partial charge on any atom is 0.328 e. The molecule has 3 heterocycles. The second-order valence-corrected chi connectivity index (χ2v) is 7.29. The molecule has 148 valence electrons. The third-order valence-electron chi connectivity index (χ3n) is 4.89. The molecule has 0 aliphatic carbocycles. The lowest BCUT2D eigenvalue weighted by Crippen LogP contribution is -2.54. The number of aliphatic carboxylic acids is 1. The van der Waals surface area contributed by atoms with E-state index in [0.717, 1.165) is 47.4 Å². The Morgan fingerprint density at radius 3 is 2.93 bits per heavy atom. The number of hydrogen-bond acceptors (Lipinski definition) is 6. The molecule has 1 aliphatic rings. The first-order chi connectivity index (χ1) is 13.3. The molecule has 28 heavy (non-hydrogen) atoms. The molecule has 2 aromatic rings. The Labute approximate surface area is 163 Å². The van der Waals surface area contributed by atoms with Crippen molar-refractivity contribution in [3.63, 3.8) is 0 Å². The van der Waals surface area contributed by atoms with Crippen molar-refractivity contribution < 1.29 is 19.8 Å². The van der Waals surface area contributed by atoms with Crippen LogP contribution in [-0.4, -0.2) is 69.2 Å². The number of carbonyl (C=O) groups is 2. The van der Waals surface area contributed by atoms with Crippen molar-refractivity contribution in [3.8, 4) is 0 Å². The van der Waals surface area contributed by atoms with E-state index < -0.39 is 17.5 Å². The Balaban J connectivity index is 1.80. The average molecular weight is 384 g/mol. The van der Waals surface area contributed by atoms with Gasteiger partial charge in [0.1, 0.15) is 0 Å². The van der Waals surface area contributed by atoms with Crippen LogP contribution in [0.25, 0.3) is 10.9 Å². The van der Waals surface area contributed by atoms with Gasteiger partial charge in [-0.15, -0.1) is 0 Å². The molecule has 8 heteroatoms. The Bertz CT molecular complexity index is 930. The first-order valence-electron chi connectivity index (χ1n) is 9.12. The summed E-state index contributed by atoms with van der Waals surface area (Å²) in [6, 6.07) is 3.85. The largest absolute Gasteiger partial charge is 0.478 e. The Morgan fingerprint density at radius 1 is 1.39 bits per heavy atom. The summed E-state index contributed by atoms with van der Waals surface area (Å²) in [7, 11) is 1.56. The number of fused-ring (bicyclic) bond motifs is 1. The van der Waals surface area contributed by atoms with Crippen LogP contribution in [0.1, 0.15) is 18.5 Å². The van der Waals surface area contributed by atoms with E-state index in [1.807, 2.05) is 19.1 Å². The maximum atomic E-state index is 12.1. The molecule has 2 aromatic heterocycles. The summed E-state index contributed by atoms with van der Waals surface area (Å²) in [5, 5.41) is 20.7. The zero-order valence-corrected chi connectivity index (χ0v) is 16.0. The molecule has 8 nitrogen and oxygen atoms in total. The first-order valence-corrected chi connectivity index (χ1v) is 9.12. The number of amides is 1. The molecule has 3 rings (SSSR count). The monoisotopic (exact) mass is 384 g/mol. The van der Waals surface area contributed by atoms with Gasteiger partial charge in [0.25, 0.3) is 0 Å². The first kappa shape index (κ1) is 19.8. The van der Waals surface area contributed by atoms with E-state index in [0.29, 0.717) is 13.0 Å². The molecule has 1 aliphatic heterocycles. The molecular formula is C20H24N4O4. The van der Waals surface area contributed by atoms with Crippen LogP contribution in [0, 0.1) is 6.92 Å². The van der Waals surface area contributed by atoms with Gasteiger partial charge in [0.05, 0.1) is 17.7 Å². The Morgan fingerprint density at radius 2 is 2.18 bits per heavy atom. The average Bonchev–Trinajstić information content (AvgIpc) is 2.64. The van der Waals surface area contributed by atoms with Gasteiger partial charge in [-0.3, -0.25) is 14.8 Å². The highest BCUT2D eigenvalue weighted by Gasteiger charge is 2.35. The van der Waals surface area contributed by atoms with Gasteiger partial charge >= 0.3 is 5.97 Å². The van der Waals surface area contributed by atoms with Crippen LogP contribution in [0.4, 0.5) is 5.69 Å². The van der Waals surface area contributed by atoms with Crippen LogP contribution < -0.4 is 4.90 Å². The highest BCUT2D eigenvalue weighted by atomic mass is 16.4. The van der Waals surface area contributed by atoms with Crippen LogP contribution in [0.3, 0.4) is 0 Å². The number of aromatic nitrogens is 2. The second kappa shape index (κ2) is 7.93. The Kier molecular flexibility index (Phi) is 5.60. The highest BCUT2D eigenvalue weighted by Crippen LogP contribution is 2.31. The zero-order chi connectivity index (χ0) is 20.3. The van der Waals surface area contributed by atoms with Crippen molar-refractivity contribution in [2.24, 2.45) is 0 Å². The molecule has 0 aromatic carbocycles. The number of pyridine rings is 2. The van der Waals surface area contributed by atoms with Crippen LogP contribution >= 0.6 is 0 Å². The summed E-state index contributed by atoms with van der Waals surface area (Å²) in [6.07, 6.45) is 6.61. The molecule has 1 saturated heterocycles. The second-order valence-electron chi connectivity index (χ2n) is 7.29. The number of aryl methyl sites for hydroxylation is 1. The number of rotatable bonds is 5. The minimum atomic E-state index is -1.18. The quantitative estimate of drug-likeness (QED) is 0.750. The smallest absolute Gasteiger partial charge is 0.328 e. The number of anilines is 1. The number of piperidine rings is 1. The lowest BCUT2D eigenvalue weighted by Gasteiger charge is -2.42. The van der Waals surface area contributed by atoms with Crippen molar-refractivity contribution in [2.45, 2.75) is 25.4 Å². The number of likely N-dealkylation sites (N-methyl/N-ethyl adjacent to an activating group) is 1. The van der Waals surface area contributed by atoms with E-state index in [-0.39, 0.29) is 6.54 Å². The normalized spacial score (nSPS) is 19.9. The molecule has 1 unspecified atom stereocenters. The van der Waals surface area contributed by atoms with Gasteiger partial charge in [-0.05, 0) is 31.9 Å². The topological polar surface area (TPSA) is 107 Å². The van der Waals surface area contributed by atoms with Gasteiger partial charge in [0, 0.05) is 61.5 Å². The minimum Gasteiger partial charge on any atom is -0.478 e. The molecule has 0 saturated carbocycles. The van der Waals surface area contributed by atoms with Crippen molar-refractivity contribution in [1.29, 1.82) is 0 Å². The van der Waals surface area contributed by atoms with Crippen molar-refractivity contribution in [2.75, 3.05) is 31.6 Å². The number of hydrogen-bond donors (Lipinski definition) is 2. The Hall–Kier alpha value is -3.00. The number of carboxylic acid groups (broad SMARTS) is 1. The molecule has 1 fully saturated rings. The number of carboxylic acids is 1. The minimum absolute atomic E-state index is 0.118. The van der Waals surface area contributed by atoms with Crippen molar-refractivity contribution >= 4 is 28.5 Å². The summed E-state index contributed by atoms with van der Waals surface area (Å²) >= 11 is 0. The molecule has 0 spiro atoms. The van der Waals surface area contributed by atoms with Crippen LogP contribution in [0.15, 0.2) is 36.7 Å². The summed E-state index contributed by atoms with van der Waals surface area (Å²) in [4.78, 5) is 34.9. The fraction of sp³-hybridized carbons (Fsp3) is 0.400. The molecular weight excluding hydrogens is 360 g/mol. The molecule has 2 N–H and O–H groups in total. The zero-order valence-electron chi connectivity index (χ0n) is 16.0. The van der Waals surface area contributed by atoms with Gasteiger partial charge in [0.2, 0.25) is 5.91 Å². The van der Waals surface area contributed by atoms with Crippen LogP contribution in [0.2, 0.25) is 0 Å². The van der Waals surface area contributed by atoms with E-state index in [2.05, 4.69) is 14.9 Å². The van der Waals surface area contributed by atoms with Crippen molar-refractivity contribution in [3.05, 3.63) is 42.4 Å². The van der Waals surface area contributed by atoms with Gasteiger partial charge in [-0.2, -0.15) is 0 Å². The van der Waals surface area contributed by atoms with Crippen molar-refractivity contribution in [1.82, 2.24) is 14.9 Å². The molecule has 1 atom stereocenters. The maximum absolute atomic E-state index is 12.1. The number of β-amino-alcohol motifs (C(OH)–C–C–N with tert-alkyl or cyclic N) is 1. The van der Waals surface area contributed by atoms with E-state index >= 15 is 0 Å². The summed E-state index contributed by atoms with van der Waals surface area (Å²) < 4.78 is 0. The SMILES string of the molecule is Cc1cc(N2CCCC(O)(CN(C)C(=O)C=CC(=O)O)C2)c2cnccc2n1. The fourth-order valence-corrected chi connectivity index (χ4v) is 3.68. The van der Waals surface area contributed by atoms with E-state index in [9.17, 15) is 14.7 Å². The fourth-order valence-electron chi connectivity index (χ4n) is 3.68. The lowest BCUT2D eigenvalue weighted by molar-refractivity contribution is -0.132. The number of carbonyl (C=O) groups excluding carboxylic acids is 1. The summed E-state index contributed by atoms with van der Waals surface area (Å²) in [6.45, 7) is 3.19. The summed E-state index contributed by atoms with van der Waals surface area (Å²) in [5.74, 6) is -1.64. The third kappa shape index (κ3) is 4.45. The van der Waals surface area contributed by atoms with Gasteiger partial charge in [-0.25, -0.2) is 4.79 Å². The lowest BCUT2D eigenvalue weighted by atomic mass is 9.91. The summed E-state index contributed by atoms with van der Waals surface area (Å²) in [5.41, 5.74) is 1.61. The van der Waals surface area contributed by atoms with E-state index in [1.54, 1.807) is 19.4 Å². The van der Waals surface area contributed by atoms with Gasteiger partial charge < -0.3 is 20.0 Å². The van der Waals surface area contributed by atoms with E-state index in [1.165, 1.54) is 4.90 Å². The van der Waals surface area contributed by atoms with Gasteiger partial charge in [-0.1, -0.05) is 0 Å². The third-order valence-corrected chi connectivity index (χ3v) is 4.89. The standard InChI is InChI=1S/C20H24N4O4/c1-14-10-17(15-11-21-8-6-16(15)22-14)24-9-3-7-20(28,13-24)12-23(2)18(25)4-5-19(26)27/h4-6,8,10-11,28H,3,7,9,12-13H2,1-2H3,(H,26,27). The number of aliphatic hydroxyl groups is 1. The molecule has 0 bridgehead atoms. The molecule has 0 radical (unpaired) electrons.